The first-order valence-electron chi connectivity index (χ1n) is 6.34. The van der Waals surface area contributed by atoms with Gasteiger partial charge in [0.25, 0.3) is 0 Å². The van der Waals surface area contributed by atoms with E-state index in [1.807, 2.05) is 17.8 Å². The number of anilines is 2. The maximum Gasteiger partial charge on any atom is 0.0392 e. The summed E-state index contributed by atoms with van der Waals surface area (Å²) in [6.07, 6.45) is 7.49. The molecule has 0 aromatic heterocycles. The monoisotopic (exact) mass is 250 g/mol. The van der Waals surface area contributed by atoms with Crippen molar-refractivity contribution in [2.45, 2.75) is 43.9 Å². The summed E-state index contributed by atoms with van der Waals surface area (Å²) in [5, 5.41) is 4.48. The standard InChI is InChI=1S/C14H22N2S/c1-10-6-7-11(15)8-14(10)16-12-4-3-5-13(9-12)17-2/h6-8,12-13,16H,3-5,9,15H2,1-2H3. The van der Waals surface area contributed by atoms with Crippen LogP contribution >= 0.6 is 11.8 Å². The minimum atomic E-state index is 0.613. The van der Waals surface area contributed by atoms with Crippen molar-refractivity contribution in [1.82, 2.24) is 0 Å². The summed E-state index contributed by atoms with van der Waals surface area (Å²) in [7, 11) is 0. The average Bonchev–Trinajstić information content (AvgIpc) is 2.34. The molecular weight excluding hydrogens is 228 g/mol. The van der Waals surface area contributed by atoms with Gasteiger partial charge in [0.15, 0.2) is 0 Å². The predicted molar refractivity (Wildman–Crippen MR) is 78.8 cm³/mol. The normalized spacial score (nSPS) is 24.6. The van der Waals surface area contributed by atoms with E-state index < -0.39 is 0 Å². The molecule has 1 aromatic rings. The van der Waals surface area contributed by atoms with E-state index in [0.29, 0.717) is 6.04 Å². The fourth-order valence-electron chi connectivity index (χ4n) is 2.51. The van der Waals surface area contributed by atoms with Gasteiger partial charge in [-0.25, -0.2) is 0 Å². The van der Waals surface area contributed by atoms with Gasteiger partial charge in [-0.2, -0.15) is 11.8 Å². The number of hydrogen-bond donors (Lipinski definition) is 2. The summed E-state index contributed by atoms with van der Waals surface area (Å²) in [6.45, 7) is 2.14. The molecule has 2 atom stereocenters. The highest BCUT2D eigenvalue weighted by Crippen LogP contribution is 2.30. The highest BCUT2D eigenvalue weighted by Gasteiger charge is 2.21. The fraction of sp³-hybridized carbons (Fsp3) is 0.571. The van der Waals surface area contributed by atoms with Gasteiger partial charge in [0.1, 0.15) is 0 Å². The zero-order valence-corrected chi connectivity index (χ0v) is 11.5. The lowest BCUT2D eigenvalue weighted by atomic mass is 9.94. The molecular formula is C14H22N2S. The zero-order chi connectivity index (χ0) is 12.3. The van der Waals surface area contributed by atoms with Crippen molar-refractivity contribution in [2.75, 3.05) is 17.3 Å². The van der Waals surface area contributed by atoms with Crippen LogP contribution in [0.2, 0.25) is 0 Å². The van der Waals surface area contributed by atoms with Gasteiger partial charge >= 0.3 is 0 Å². The molecule has 0 spiro atoms. The molecule has 0 amide bonds. The van der Waals surface area contributed by atoms with Crippen molar-refractivity contribution in [2.24, 2.45) is 0 Å². The molecule has 17 heavy (non-hydrogen) atoms. The Morgan fingerprint density at radius 1 is 1.35 bits per heavy atom. The molecule has 0 heterocycles. The van der Waals surface area contributed by atoms with Crippen molar-refractivity contribution >= 4 is 23.1 Å². The summed E-state index contributed by atoms with van der Waals surface area (Å²) < 4.78 is 0. The highest BCUT2D eigenvalue weighted by atomic mass is 32.2. The third-order valence-electron chi connectivity index (χ3n) is 3.58. The molecule has 3 heteroatoms. The number of rotatable bonds is 3. The molecule has 0 bridgehead atoms. The highest BCUT2D eigenvalue weighted by molar-refractivity contribution is 7.99. The molecule has 2 rings (SSSR count). The smallest absolute Gasteiger partial charge is 0.0392 e. The summed E-state index contributed by atoms with van der Waals surface area (Å²) in [6, 6.07) is 6.72. The lowest BCUT2D eigenvalue weighted by molar-refractivity contribution is 0.473. The van der Waals surface area contributed by atoms with E-state index >= 15 is 0 Å². The van der Waals surface area contributed by atoms with Crippen molar-refractivity contribution < 1.29 is 0 Å². The molecule has 1 saturated carbocycles. The van der Waals surface area contributed by atoms with Crippen LogP contribution in [0.1, 0.15) is 31.2 Å². The van der Waals surface area contributed by atoms with E-state index in [4.69, 9.17) is 5.73 Å². The molecule has 1 aliphatic carbocycles. The first kappa shape index (κ1) is 12.6. The Morgan fingerprint density at radius 2 is 2.18 bits per heavy atom. The number of benzene rings is 1. The Morgan fingerprint density at radius 3 is 2.94 bits per heavy atom. The average molecular weight is 250 g/mol. The third-order valence-corrected chi connectivity index (χ3v) is 4.68. The summed E-state index contributed by atoms with van der Waals surface area (Å²) >= 11 is 2.00. The maximum absolute atomic E-state index is 5.84. The minimum absolute atomic E-state index is 0.613. The van der Waals surface area contributed by atoms with Gasteiger partial charge in [-0.1, -0.05) is 12.5 Å². The van der Waals surface area contributed by atoms with Crippen LogP contribution in [-0.4, -0.2) is 17.5 Å². The SMILES string of the molecule is CSC1CCCC(Nc2cc(N)ccc2C)C1. The Hall–Kier alpha value is -0.830. The molecule has 2 nitrogen and oxygen atoms in total. The van der Waals surface area contributed by atoms with Gasteiger partial charge in [0.05, 0.1) is 0 Å². The topological polar surface area (TPSA) is 38.0 Å². The van der Waals surface area contributed by atoms with Crippen LogP contribution in [0.4, 0.5) is 11.4 Å². The second-order valence-corrected chi connectivity index (χ2v) is 6.08. The van der Waals surface area contributed by atoms with Crippen molar-refractivity contribution in [3.63, 3.8) is 0 Å². The van der Waals surface area contributed by atoms with Gasteiger partial charge in [-0.3, -0.25) is 0 Å². The first-order chi connectivity index (χ1) is 8.19. The van der Waals surface area contributed by atoms with E-state index in [9.17, 15) is 0 Å². The molecule has 94 valence electrons. The van der Waals surface area contributed by atoms with Crippen molar-refractivity contribution in [3.05, 3.63) is 23.8 Å². The van der Waals surface area contributed by atoms with Crippen LogP contribution in [0.5, 0.6) is 0 Å². The van der Waals surface area contributed by atoms with Crippen LogP contribution in [0.15, 0.2) is 18.2 Å². The summed E-state index contributed by atoms with van der Waals surface area (Å²) in [5.74, 6) is 0. The van der Waals surface area contributed by atoms with Crippen LogP contribution in [0.3, 0.4) is 0 Å². The van der Waals surface area contributed by atoms with Crippen molar-refractivity contribution in [1.29, 1.82) is 0 Å². The van der Waals surface area contributed by atoms with Crippen LogP contribution in [0.25, 0.3) is 0 Å². The zero-order valence-electron chi connectivity index (χ0n) is 10.7. The number of hydrogen-bond acceptors (Lipinski definition) is 3. The number of nitrogens with two attached hydrogens (primary N) is 1. The lowest BCUT2D eigenvalue weighted by Crippen LogP contribution is -2.28. The first-order valence-corrected chi connectivity index (χ1v) is 7.63. The molecule has 0 saturated heterocycles. The Balaban J connectivity index is 2.02. The number of thioether (sulfide) groups is 1. The van der Waals surface area contributed by atoms with E-state index in [1.165, 1.54) is 36.9 Å². The quantitative estimate of drug-likeness (QED) is 0.804. The van der Waals surface area contributed by atoms with Crippen LogP contribution in [0, 0.1) is 6.92 Å². The van der Waals surface area contributed by atoms with E-state index in [2.05, 4.69) is 30.6 Å². The number of nitrogens with one attached hydrogen (secondary N) is 1. The third kappa shape index (κ3) is 3.32. The second-order valence-electron chi connectivity index (χ2n) is 4.94. The molecule has 0 radical (unpaired) electrons. The largest absolute Gasteiger partial charge is 0.399 e. The van der Waals surface area contributed by atoms with Gasteiger partial charge in [0, 0.05) is 22.7 Å². The molecule has 2 unspecified atom stereocenters. The van der Waals surface area contributed by atoms with Gasteiger partial charge < -0.3 is 11.1 Å². The van der Waals surface area contributed by atoms with Crippen LogP contribution in [-0.2, 0) is 0 Å². The van der Waals surface area contributed by atoms with E-state index in [0.717, 1.165) is 10.9 Å². The fourth-order valence-corrected chi connectivity index (χ4v) is 3.33. The Kier molecular flexibility index (Phi) is 4.21. The molecule has 1 aliphatic rings. The van der Waals surface area contributed by atoms with E-state index in [1.54, 1.807) is 0 Å². The molecule has 1 aromatic carbocycles. The second kappa shape index (κ2) is 5.67. The predicted octanol–water partition coefficient (Wildman–Crippen LogP) is 3.66. The van der Waals surface area contributed by atoms with Gasteiger partial charge in [0.2, 0.25) is 0 Å². The molecule has 3 N–H and O–H groups in total. The summed E-state index contributed by atoms with van der Waals surface area (Å²) in [4.78, 5) is 0. The van der Waals surface area contributed by atoms with Crippen LogP contribution < -0.4 is 11.1 Å². The lowest BCUT2D eigenvalue weighted by Gasteiger charge is -2.30. The van der Waals surface area contributed by atoms with E-state index in [-0.39, 0.29) is 0 Å². The van der Waals surface area contributed by atoms with Gasteiger partial charge in [-0.15, -0.1) is 0 Å². The van der Waals surface area contributed by atoms with Gasteiger partial charge in [-0.05, 0) is 50.1 Å². The van der Waals surface area contributed by atoms with Crippen molar-refractivity contribution in [3.8, 4) is 0 Å². The minimum Gasteiger partial charge on any atom is -0.399 e. The molecule has 1 fully saturated rings. The number of aryl methyl sites for hydroxylation is 1. The maximum atomic E-state index is 5.84. The molecule has 0 aliphatic heterocycles. The Bertz CT molecular complexity index is 378. The summed E-state index contributed by atoms with van der Waals surface area (Å²) in [5.41, 5.74) is 9.17. The number of nitrogen functional groups attached to an aromatic ring is 1. The Labute approximate surface area is 108 Å².